The second kappa shape index (κ2) is 8.04. The van der Waals surface area contributed by atoms with Crippen molar-refractivity contribution in [1.29, 1.82) is 0 Å². The Morgan fingerprint density at radius 2 is 1.87 bits per heavy atom. The van der Waals surface area contributed by atoms with E-state index in [4.69, 9.17) is 16.6 Å². The number of sulfonamides is 1. The highest BCUT2D eigenvalue weighted by Crippen LogP contribution is 2.40. The number of primary sulfonamides is 1. The van der Waals surface area contributed by atoms with E-state index in [0.29, 0.717) is 5.56 Å². The minimum absolute atomic E-state index is 0.0526. The van der Waals surface area contributed by atoms with E-state index in [-0.39, 0.29) is 29.3 Å². The van der Waals surface area contributed by atoms with Crippen LogP contribution in [0.4, 0.5) is 5.82 Å². The quantitative estimate of drug-likeness (QED) is 0.268. The zero-order chi connectivity index (χ0) is 22.1. The monoisotopic (exact) mass is 454 g/mol. The SMILES string of the molecule is NCC(O)CS(=O)(=O)c1ccc(-c2cccnc2N)c(-c2nn[nH]n2)c1S(N)(=O)=O. The number of benzene rings is 1. The Labute approximate surface area is 171 Å². The lowest BCUT2D eigenvalue weighted by Crippen LogP contribution is -2.30. The van der Waals surface area contributed by atoms with Gasteiger partial charge in [-0.15, -0.1) is 10.2 Å². The zero-order valence-corrected chi connectivity index (χ0v) is 16.9. The van der Waals surface area contributed by atoms with Crippen molar-refractivity contribution in [1.82, 2.24) is 25.6 Å². The third-order valence-corrected chi connectivity index (χ3v) is 7.08. The van der Waals surface area contributed by atoms with Gasteiger partial charge in [0.25, 0.3) is 0 Å². The van der Waals surface area contributed by atoms with Crippen LogP contribution >= 0.6 is 0 Å². The van der Waals surface area contributed by atoms with Crippen LogP contribution in [0, 0.1) is 0 Å². The highest BCUT2D eigenvalue weighted by atomic mass is 32.2. The number of nitrogen functional groups attached to an aromatic ring is 1. The smallest absolute Gasteiger partial charge is 0.240 e. The number of hydrogen-bond donors (Lipinski definition) is 5. The molecule has 1 atom stereocenters. The van der Waals surface area contributed by atoms with Gasteiger partial charge in [-0.1, -0.05) is 6.07 Å². The molecule has 0 bridgehead atoms. The molecular weight excluding hydrogens is 436 g/mol. The lowest BCUT2D eigenvalue weighted by Gasteiger charge is -2.17. The summed E-state index contributed by atoms with van der Waals surface area (Å²) in [6, 6.07) is 5.50. The predicted octanol–water partition coefficient (Wildman–Crippen LogP) is -1.75. The number of aromatic amines is 1. The van der Waals surface area contributed by atoms with Crippen LogP contribution in [0.3, 0.4) is 0 Å². The van der Waals surface area contributed by atoms with Crippen molar-refractivity contribution in [2.24, 2.45) is 10.9 Å². The first-order chi connectivity index (χ1) is 14.1. The Hall–Kier alpha value is -2.98. The maximum atomic E-state index is 12.9. The number of rotatable bonds is 7. The van der Waals surface area contributed by atoms with Crippen molar-refractivity contribution in [2.45, 2.75) is 15.9 Å². The van der Waals surface area contributed by atoms with Gasteiger partial charge in [0.1, 0.15) is 10.7 Å². The molecule has 1 unspecified atom stereocenters. The number of nitrogens with two attached hydrogens (primary N) is 3. The first-order valence-electron chi connectivity index (χ1n) is 8.31. The summed E-state index contributed by atoms with van der Waals surface area (Å²) >= 11 is 0. The molecule has 0 saturated carbocycles. The van der Waals surface area contributed by atoms with Crippen molar-refractivity contribution in [3.8, 4) is 22.5 Å². The van der Waals surface area contributed by atoms with Gasteiger partial charge in [0.05, 0.1) is 22.3 Å². The third-order valence-electron chi connectivity index (χ3n) is 4.12. The van der Waals surface area contributed by atoms with E-state index in [9.17, 15) is 21.9 Å². The molecule has 0 amide bonds. The van der Waals surface area contributed by atoms with Gasteiger partial charge in [-0.25, -0.2) is 27.0 Å². The van der Waals surface area contributed by atoms with Crippen LogP contribution in [0.15, 0.2) is 40.3 Å². The van der Waals surface area contributed by atoms with E-state index in [2.05, 4.69) is 25.6 Å². The van der Waals surface area contributed by atoms with Crippen LogP contribution in [0.5, 0.6) is 0 Å². The van der Waals surface area contributed by atoms with Crippen LogP contribution in [0.2, 0.25) is 0 Å². The molecule has 3 aromatic rings. The number of sulfone groups is 1. The second-order valence-electron chi connectivity index (χ2n) is 6.20. The molecule has 1 aromatic carbocycles. The van der Waals surface area contributed by atoms with Crippen LogP contribution in [0.25, 0.3) is 22.5 Å². The molecule has 2 aromatic heterocycles. The average molecular weight is 454 g/mol. The first-order valence-corrected chi connectivity index (χ1v) is 11.5. The van der Waals surface area contributed by atoms with Crippen molar-refractivity contribution < 1.29 is 21.9 Å². The summed E-state index contributed by atoms with van der Waals surface area (Å²) in [6.07, 6.45) is 0.0195. The van der Waals surface area contributed by atoms with Crippen LogP contribution < -0.4 is 16.6 Å². The molecule has 30 heavy (non-hydrogen) atoms. The summed E-state index contributed by atoms with van der Waals surface area (Å²) in [6.45, 7) is -0.341. The zero-order valence-electron chi connectivity index (χ0n) is 15.3. The summed E-state index contributed by atoms with van der Waals surface area (Å²) < 4.78 is 50.8. The molecule has 2 heterocycles. The van der Waals surface area contributed by atoms with Gasteiger partial charge in [0.15, 0.2) is 9.84 Å². The number of tetrazole rings is 1. The summed E-state index contributed by atoms with van der Waals surface area (Å²) in [5, 5.41) is 28.3. The molecule has 160 valence electrons. The maximum Gasteiger partial charge on any atom is 0.240 e. The fraction of sp³-hybridized carbons (Fsp3) is 0.200. The number of aromatic nitrogens is 5. The fourth-order valence-corrected chi connectivity index (χ4v) is 5.91. The molecule has 8 N–H and O–H groups in total. The summed E-state index contributed by atoms with van der Waals surface area (Å²) in [5.41, 5.74) is 11.5. The Morgan fingerprint density at radius 3 is 2.43 bits per heavy atom. The van der Waals surface area contributed by atoms with E-state index >= 15 is 0 Å². The average Bonchev–Trinajstić information content (AvgIpc) is 3.20. The first kappa shape index (κ1) is 21.7. The minimum Gasteiger partial charge on any atom is -0.391 e. The number of aliphatic hydroxyl groups excluding tert-OH is 1. The van der Waals surface area contributed by atoms with E-state index in [1.54, 1.807) is 12.1 Å². The maximum absolute atomic E-state index is 12.9. The predicted molar refractivity (Wildman–Crippen MR) is 106 cm³/mol. The van der Waals surface area contributed by atoms with E-state index < -0.39 is 41.5 Å². The standard InChI is InChI=1S/C15H18N8O5S2/c16-6-8(24)7-29(25,26)11-4-3-9(10-2-1-5-19-14(10)17)12(13(11)30(18,27)28)15-20-22-23-21-15/h1-5,8,24H,6-7,16H2,(H2,17,19)(H2,18,27,28)(H,20,21,22,23). The van der Waals surface area contributed by atoms with E-state index in [1.807, 2.05) is 0 Å². The largest absolute Gasteiger partial charge is 0.391 e. The molecular formula is C15H18N8O5S2. The van der Waals surface area contributed by atoms with Crippen molar-refractivity contribution >= 4 is 25.7 Å². The number of nitrogens with one attached hydrogen (secondary N) is 1. The molecule has 0 aliphatic rings. The lowest BCUT2D eigenvalue weighted by molar-refractivity contribution is 0.205. The van der Waals surface area contributed by atoms with Crippen LogP contribution in [-0.4, -0.2) is 66.0 Å². The summed E-state index contributed by atoms with van der Waals surface area (Å²) in [7, 11) is -8.96. The molecule has 13 nitrogen and oxygen atoms in total. The molecule has 0 aliphatic carbocycles. The van der Waals surface area contributed by atoms with Gasteiger partial charge >= 0.3 is 0 Å². The highest BCUT2D eigenvalue weighted by molar-refractivity contribution is 7.93. The number of aliphatic hydroxyl groups is 1. The fourth-order valence-electron chi connectivity index (χ4n) is 2.86. The summed E-state index contributed by atoms with van der Waals surface area (Å²) in [5.74, 6) is -0.989. The Balaban J connectivity index is 2.44. The normalized spacial score (nSPS) is 13.3. The third kappa shape index (κ3) is 4.14. The van der Waals surface area contributed by atoms with Crippen molar-refractivity contribution in [2.75, 3.05) is 18.0 Å². The molecule has 0 spiro atoms. The summed E-state index contributed by atoms with van der Waals surface area (Å²) in [4.78, 5) is 2.57. The Morgan fingerprint density at radius 1 is 1.13 bits per heavy atom. The van der Waals surface area contributed by atoms with Crippen LogP contribution in [-0.2, 0) is 19.9 Å². The Kier molecular flexibility index (Phi) is 5.82. The van der Waals surface area contributed by atoms with Gasteiger partial charge in [-0.3, -0.25) is 0 Å². The van der Waals surface area contributed by atoms with Gasteiger partial charge in [0, 0.05) is 18.3 Å². The molecule has 0 radical (unpaired) electrons. The van der Waals surface area contributed by atoms with E-state index in [0.717, 1.165) is 6.07 Å². The molecule has 15 heteroatoms. The van der Waals surface area contributed by atoms with Gasteiger partial charge < -0.3 is 16.6 Å². The number of nitrogens with zero attached hydrogens (tertiary/aromatic N) is 4. The molecule has 0 fully saturated rings. The molecule has 0 saturated heterocycles. The molecule has 0 aliphatic heterocycles. The van der Waals surface area contributed by atoms with Crippen molar-refractivity contribution in [3.63, 3.8) is 0 Å². The van der Waals surface area contributed by atoms with Gasteiger partial charge in [-0.05, 0) is 29.0 Å². The van der Waals surface area contributed by atoms with Crippen LogP contribution in [0.1, 0.15) is 0 Å². The number of H-pyrrole nitrogens is 1. The highest BCUT2D eigenvalue weighted by Gasteiger charge is 2.33. The lowest BCUT2D eigenvalue weighted by atomic mass is 9.99. The number of anilines is 1. The van der Waals surface area contributed by atoms with Gasteiger partial charge in [0.2, 0.25) is 15.8 Å². The minimum atomic E-state index is -4.63. The topological polar surface area (TPSA) is 234 Å². The van der Waals surface area contributed by atoms with Crippen molar-refractivity contribution in [3.05, 3.63) is 30.5 Å². The van der Waals surface area contributed by atoms with E-state index in [1.165, 1.54) is 12.3 Å². The molecule has 3 rings (SSSR count). The number of pyridine rings is 1. The number of hydrogen-bond acceptors (Lipinski definition) is 11. The van der Waals surface area contributed by atoms with Gasteiger partial charge in [-0.2, -0.15) is 5.21 Å². The second-order valence-corrected chi connectivity index (χ2v) is 9.70. The Bertz CT molecular complexity index is 1280.